The second-order valence-corrected chi connectivity index (χ2v) is 7.21. The molecule has 0 aliphatic heterocycles. The molecule has 1 amide bonds. The highest BCUT2D eigenvalue weighted by atomic mass is 19.4. The number of halogens is 3. The number of amides is 1. The zero-order valence-corrected chi connectivity index (χ0v) is 15.0. The normalized spacial score (nSPS) is 12.6. The fourth-order valence-electron chi connectivity index (χ4n) is 1.92. The van der Waals surface area contributed by atoms with Crippen LogP contribution in [0.4, 0.5) is 18.0 Å². The van der Waals surface area contributed by atoms with Gasteiger partial charge in [-0.25, -0.2) is 4.79 Å². The lowest BCUT2D eigenvalue weighted by atomic mass is 9.95. The summed E-state index contributed by atoms with van der Waals surface area (Å²) in [5, 5.41) is 2.50. The molecule has 1 heterocycles. The summed E-state index contributed by atoms with van der Waals surface area (Å²) in [6, 6.07) is 2.17. The SMILES string of the molecule is CC(C)(C)OC(=O)NC(C)(C)C(=O)CCc1ccc(C(F)(F)F)cn1. The largest absolute Gasteiger partial charge is 0.444 e. The first kappa shape index (κ1) is 20.9. The molecule has 0 saturated heterocycles. The van der Waals surface area contributed by atoms with E-state index in [4.69, 9.17) is 4.74 Å². The molecule has 0 aliphatic carbocycles. The Balaban J connectivity index is 2.61. The molecule has 0 unspecified atom stereocenters. The molecule has 5 nitrogen and oxygen atoms in total. The van der Waals surface area contributed by atoms with Crippen molar-refractivity contribution in [3.05, 3.63) is 29.6 Å². The number of aryl methyl sites for hydroxylation is 1. The number of rotatable bonds is 5. The van der Waals surface area contributed by atoms with Gasteiger partial charge in [-0.3, -0.25) is 9.78 Å². The van der Waals surface area contributed by atoms with Crippen molar-refractivity contribution in [1.29, 1.82) is 0 Å². The number of ether oxygens (including phenoxy) is 1. The zero-order chi connectivity index (χ0) is 19.5. The molecule has 1 aromatic rings. The van der Waals surface area contributed by atoms with Crippen LogP contribution < -0.4 is 5.32 Å². The van der Waals surface area contributed by atoms with E-state index in [0.29, 0.717) is 5.69 Å². The third-order valence-electron chi connectivity index (χ3n) is 3.27. The Bertz CT molecular complexity index is 618. The van der Waals surface area contributed by atoms with Gasteiger partial charge in [0.25, 0.3) is 0 Å². The van der Waals surface area contributed by atoms with Crippen molar-refractivity contribution in [3.63, 3.8) is 0 Å². The molecule has 0 radical (unpaired) electrons. The van der Waals surface area contributed by atoms with Crippen LogP contribution in [-0.2, 0) is 22.1 Å². The quantitative estimate of drug-likeness (QED) is 0.865. The number of nitrogens with one attached hydrogen (secondary N) is 1. The number of alkyl carbamates (subject to hydrolysis) is 1. The number of Topliss-reactive ketones (excluding diaryl/α,β-unsaturated/α-hetero) is 1. The molecular weight excluding hydrogens is 337 g/mol. The Hall–Kier alpha value is -2.12. The van der Waals surface area contributed by atoms with Gasteiger partial charge in [0, 0.05) is 18.3 Å². The molecule has 1 N–H and O–H groups in total. The lowest BCUT2D eigenvalue weighted by Crippen LogP contribution is -2.51. The first-order chi connectivity index (χ1) is 11.2. The third kappa shape index (κ3) is 7.11. The highest BCUT2D eigenvalue weighted by Gasteiger charge is 2.32. The van der Waals surface area contributed by atoms with Crippen LogP contribution >= 0.6 is 0 Å². The lowest BCUT2D eigenvalue weighted by molar-refractivity contribution is -0.137. The second-order valence-electron chi connectivity index (χ2n) is 7.21. The minimum Gasteiger partial charge on any atom is -0.444 e. The molecule has 0 bridgehead atoms. The monoisotopic (exact) mass is 360 g/mol. The molecule has 8 heteroatoms. The van der Waals surface area contributed by atoms with Crippen molar-refractivity contribution >= 4 is 11.9 Å². The molecule has 0 spiro atoms. The Kier molecular flexibility index (Phi) is 6.20. The van der Waals surface area contributed by atoms with Gasteiger partial charge in [0.2, 0.25) is 0 Å². The standard InChI is InChI=1S/C17H23F3N2O3/c1-15(2,3)25-14(24)22-16(4,5)13(23)9-8-12-7-6-11(10-21-12)17(18,19)20/h6-7,10H,8-9H2,1-5H3,(H,22,24). The van der Waals surface area contributed by atoms with Gasteiger partial charge >= 0.3 is 12.3 Å². The Morgan fingerprint density at radius 3 is 2.16 bits per heavy atom. The maximum Gasteiger partial charge on any atom is 0.417 e. The molecule has 0 aromatic carbocycles. The summed E-state index contributed by atoms with van der Waals surface area (Å²) in [7, 11) is 0. The Labute approximate surface area is 145 Å². The summed E-state index contributed by atoms with van der Waals surface area (Å²) in [6.45, 7) is 8.20. The van der Waals surface area contributed by atoms with Crippen molar-refractivity contribution in [2.75, 3.05) is 0 Å². The van der Waals surface area contributed by atoms with Gasteiger partial charge in [0.15, 0.2) is 5.78 Å². The van der Waals surface area contributed by atoms with Crippen molar-refractivity contribution in [3.8, 4) is 0 Å². The molecule has 1 rings (SSSR count). The van der Waals surface area contributed by atoms with E-state index >= 15 is 0 Å². The predicted molar refractivity (Wildman–Crippen MR) is 86.0 cm³/mol. The van der Waals surface area contributed by atoms with Gasteiger partial charge in [0.05, 0.1) is 11.1 Å². The second kappa shape index (κ2) is 7.41. The Morgan fingerprint density at radius 2 is 1.72 bits per heavy atom. The molecule has 0 fully saturated rings. The van der Waals surface area contributed by atoms with E-state index in [1.165, 1.54) is 6.07 Å². The first-order valence-electron chi connectivity index (χ1n) is 7.77. The first-order valence-corrected chi connectivity index (χ1v) is 7.77. The fraction of sp³-hybridized carbons (Fsp3) is 0.588. The Morgan fingerprint density at radius 1 is 1.12 bits per heavy atom. The van der Waals surface area contributed by atoms with Gasteiger partial charge in [-0.15, -0.1) is 0 Å². The van der Waals surface area contributed by atoms with Crippen LogP contribution in [0, 0.1) is 0 Å². The number of alkyl halides is 3. The highest BCUT2D eigenvalue weighted by molar-refractivity contribution is 5.90. The molecular formula is C17H23F3N2O3. The lowest BCUT2D eigenvalue weighted by Gasteiger charge is -2.27. The number of hydrogen-bond donors (Lipinski definition) is 1. The van der Waals surface area contributed by atoms with Crippen LogP contribution in [0.2, 0.25) is 0 Å². The maximum atomic E-state index is 12.5. The number of hydrogen-bond acceptors (Lipinski definition) is 4. The van der Waals surface area contributed by atoms with E-state index in [-0.39, 0.29) is 18.6 Å². The topological polar surface area (TPSA) is 68.3 Å². The van der Waals surface area contributed by atoms with Crippen LogP contribution in [0.15, 0.2) is 18.3 Å². The van der Waals surface area contributed by atoms with Crippen LogP contribution in [0.5, 0.6) is 0 Å². The summed E-state index contributed by atoms with van der Waals surface area (Å²) in [5.74, 6) is -0.278. The molecule has 1 aromatic heterocycles. The van der Waals surface area contributed by atoms with Crippen molar-refractivity contribution in [2.24, 2.45) is 0 Å². The van der Waals surface area contributed by atoms with Crippen LogP contribution in [0.25, 0.3) is 0 Å². The zero-order valence-electron chi connectivity index (χ0n) is 15.0. The summed E-state index contributed by atoms with van der Waals surface area (Å²) in [4.78, 5) is 27.8. The number of carbonyl (C=O) groups is 2. The molecule has 140 valence electrons. The summed E-state index contributed by atoms with van der Waals surface area (Å²) >= 11 is 0. The fourth-order valence-corrected chi connectivity index (χ4v) is 1.92. The van der Waals surface area contributed by atoms with Crippen molar-refractivity contribution < 1.29 is 27.5 Å². The van der Waals surface area contributed by atoms with Gasteiger partial charge < -0.3 is 10.1 Å². The van der Waals surface area contributed by atoms with Gasteiger partial charge in [-0.2, -0.15) is 13.2 Å². The minimum absolute atomic E-state index is 0.0289. The van der Waals surface area contributed by atoms with Gasteiger partial charge in [-0.1, -0.05) is 0 Å². The van der Waals surface area contributed by atoms with E-state index in [1.54, 1.807) is 34.6 Å². The van der Waals surface area contributed by atoms with E-state index in [1.807, 2.05) is 0 Å². The smallest absolute Gasteiger partial charge is 0.417 e. The number of pyridine rings is 1. The summed E-state index contributed by atoms with van der Waals surface area (Å²) in [5.41, 5.74) is -2.31. The number of nitrogens with zero attached hydrogens (tertiary/aromatic N) is 1. The summed E-state index contributed by atoms with van der Waals surface area (Å²) < 4.78 is 42.6. The molecule has 0 aliphatic rings. The molecule has 0 saturated carbocycles. The van der Waals surface area contributed by atoms with Gasteiger partial charge in [-0.05, 0) is 53.2 Å². The van der Waals surface area contributed by atoms with Crippen LogP contribution in [0.3, 0.4) is 0 Å². The van der Waals surface area contributed by atoms with E-state index in [9.17, 15) is 22.8 Å². The molecule has 25 heavy (non-hydrogen) atoms. The van der Waals surface area contributed by atoms with E-state index in [2.05, 4.69) is 10.3 Å². The van der Waals surface area contributed by atoms with E-state index < -0.39 is 29.0 Å². The van der Waals surface area contributed by atoms with Crippen molar-refractivity contribution in [1.82, 2.24) is 10.3 Å². The number of aromatic nitrogens is 1. The number of carbonyl (C=O) groups excluding carboxylic acids is 2. The van der Waals surface area contributed by atoms with Crippen molar-refractivity contribution in [2.45, 2.75) is 64.8 Å². The number of ketones is 1. The average Bonchev–Trinajstić information content (AvgIpc) is 2.41. The maximum absolute atomic E-state index is 12.5. The predicted octanol–water partition coefficient (Wildman–Crippen LogP) is 3.91. The van der Waals surface area contributed by atoms with Crippen LogP contribution in [-0.4, -0.2) is 28.0 Å². The summed E-state index contributed by atoms with van der Waals surface area (Å²) in [6.07, 6.45) is -4.21. The molecule has 0 atom stereocenters. The van der Waals surface area contributed by atoms with E-state index in [0.717, 1.165) is 12.3 Å². The minimum atomic E-state index is -4.44. The van der Waals surface area contributed by atoms with Crippen LogP contribution in [0.1, 0.15) is 52.3 Å². The van der Waals surface area contributed by atoms with Gasteiger partial charge in [0.1, 0.15) is 5.60 Å². The average molecular weight is 360 g/mol. The highest BCUT2D eigenvalue weighted by Crippen LogP contribution is 2.28. The third-order valence-corrected chi connectivity index (χ3v) is 3.27.